The second-order valence-electron chi connectivity index (χ2n) is 5.20. The number of nitrogens with zero attached hydrogens (tertiary/aromatic N) is 4. The summed E-state index contributed by atoms with van der Waals surface area (Å²) in [4.78, 5) is 8.82. The fraction of sp³-hybridized carbons (Fsp3) is 0.312. The summed E-state index contributed by atoms with van der Waals surface area (Å²) in [5.74, 6) is 2.78. The van der Waals surface area contributed by atoms with Gasteiger partial charge in [-0.25, -0.2) is 9.97 Å². The van der Waals surface area contributed by atoms with Gasteiger partial charge in [0.2, 0.25) is 5.95 Å². The topological polar surface area (TPSA) is 73.6 Å². The number of hydrogen-bond acceptors (Lipinski definition) is 6. The van der Waals surface area contributed by atoms with E-state index in [0.29, 0.717) is 24.0 Å². The molecule has 3 rings (SSSR count). The van der Waals surface area contributed by atoms with E-state index in [1.54, 1.807) is 24.9 Å². The zero-order chi connectivity index (χ0) is 16.4. The van der Waals surface area contributed by atoms with Crippen molar-refractivity contribution in [2.75, 3.05) is 19.5 Å². The van der Waals surface area contributed by atoms with Gasteiger partial charge in [-0.05, 0) is 31.5 Å². The molecule has 0 aliphatic rings. The van der Waals surface area contributed by atoms with Crippen LogP contribution < -0.4 is 14.8 Å². The monoisotopic (exact) mass is 313 g/mol. The maximum Gasteiger partial charge on any atom is 0.226 e. The molecule has 0 radical (unpaired) electrons. The Labute approximate surface area is 134 Å². The van der Waals surface area contributed by atoms with Crippen LogP contribution in [0.3, 0.4) is 0 Å². The number of ether oxygens (including phenoxy) is 2. The quantitative estimate of drug-likeness (QED) is 0.779. The SMILES string of the molecule is COc1ccc(CNc2ncc(C)c3nc(C)nn23)cc1OC. The van der Waals surface area contributed by atoms with Crippen LogP contribution in [0, 0.1) is 13.8 Å². The third-order valence-electron chi connectivity index (χ3n) is 3.55. The van der Waals surface area contributed by atoms with Crippen molar-refractivity contribution in [1.29, 1.82) is 0 Å². The van der Waals surface area contributed by atoms with Gasteiger partial charge in [-0.3, -0.25) is 0 Å². The van der Waals surface area contributed by atoms with Crippen LogP contribution in [0.2, 0.25) is 0 Å². The minimum absolute atomic E-state index is 0.588. The first-order valence-corrected chi connectivity index (χ1v) is 7.26. The van der Waals surface area contributed by atoms with E-state index in [2.05, 4.69) is 20.4 Å². The van der Waals surface area contributed by atoms with Crippen LogP contribution in [0.5, 0.6) is 11.5 Å². The van der Waals surface area contributed by atoms with Crippen LogP contribution in [0.15, 0.2) is 24.4 Å². The van der Waals surface area contributed by atoms with Crippen molar-refractivity contribution < 1.29 is 9.47 Å². The predicted molar refractivity (Wildman–Crippen MR) is 87.1 cm³/mol. The van der Waals surface area contributed by atoms with Gasteiger partial charge in [0.1, 0.15) is 5.82 Å². The van der Waals surface area contributed by atoms with Crippen molar-refractivity contribution >= 4 is 11.6 Å². The average molecular weight is 313 g/mol. The van der Waals surface area contributed by atoms with E-state index in [9.17, 15) is 0 Å². The van der Waals surface area contributed by atoms with Gasteiger partial charge >= 0.3 is 0 Å². The van der Waals surface area contributed by atoms with E-state index >= 15 is 0 Å². The second kappa shape index (κ2) is 6.12. The number of nitrogens with one attached hydrogen (secondary N) is 1. The number of fused-ring (bicyclic) bond motifs is 1. The molecule has 23 heavy (non-hydrogen) atoms. The summed E-state index contributed by atoms with van der Waals surface area (Å²) in [6.45, 7) is 4.42. The van der Waals surface area contributed by atoms with Crippen molar-refractivity contribution in [3.05, 3.63) is 41.3 Å². The third kappa shape index (κ3) is 2.90. The minimum Gasteiger partial charge on any atom is -0.493 e. The Morgan fingerprint density at radius 2 is 1.91 bits per heavy atom. The molecule has 3 aromatic rings. The number of aromatic nitrogens is 4. The zero-order valence-electron chi connectivity index (χ0n) is 13.6. The first kappa shape index (κ1) is 15.1. The first-order chi connectivity index (χ1) is 11.1. The number of methoxy groups -OCH3 is 2. The number of hydrogen-bond donors (Lipinski definition) is 1. The van der Waals surface area contributed by atoms with Crippen LogP contribution in [-0.2, 0) is 6.54 Å². The van der Waals surface area contributed by atoms with Gasteiger partial charge in [-0.1, -0.05) is 6.07 Å². The summed E-state index contributed by atoms with van der Waals surface area (Å²) < 4.78 is 12.3. The summed E-state index contributed by atoms with van der Waals surface area (Å²) >= 11 is 0. The molecule has 2 aromatic heterocycles. The summed E-state index contributed by atoms with van der Waals surface area (Å²) in [5.41, 5.74) is 2.85. The van der Waals surface area contributed by atoms with Gasteiger partial charge in [-0.15, -0.1) is 5.10 Å². The first-order valence-electron chi connectivity index (χ1n) is 7.26. The van der Waals surface area contributed by atoms with Crippen molar-refractivity contribution in [3.63, 3.8) is 0 Å². The summed E-state index contributed by atoms with van der Waals surface area (Å²) in [5, 5.41) is 7.67. The van der Waals surface area contributed by atoms with Gasteiger partial charge in [0.15, 0.2) is 17.1 Å². The van der Waals surface area contributed by atoms with Crippen LogP contribution in [-0.4, -0.2) is 33.8 Å². The molecule has 0 aliphatic carbocycles. The summed E-state index contributed by atoms with van der Waals surface area (Å²) in [6.07, 6.45) is 1.79. The molecule has 0 saturated heterocycles. The zero-order valence-corrected chi connectivity index (χ0v) is 13.6. The molecule has 0 saturated carbocycles. The highest BCUT2D eigenvalue weighted by molar-refractivity contribution is 5.50. The van der Waals surface area contributed by atoms with Crippen molar-refractivity contribution in [1.82, 2.24) is 19.6 Å². The molecule has 120 valence electrons. The van der Waals surface area contributed by atoms with E-state index < -0.39 is 0 Å². The Morgan fingerprint density at radius 1 is 1.13 bits per heavy atom. The smallest absolute Gasteiger partial charge is 0.226 e. The lowest BCUT2D eigenvalue weighted by molar-refractivity contribution is 0.354. The number of aryl methyl sites for hydroxylation is 2. The van der Waals surface area contributed by atoms with Gasteiger partial charge in [0.05, 0.1) is 14.2 Å². The molecule has 0 amide bonds. The molecule has 2 heterocycles. The number of rotatable bonds is 5. The van der Waals surface area contributed by atoms with Crippen molar-refractivity contribution in [3.8, 4) is 11.5 Å². The van der Waals surface area contributed by atoms with Crippen LogP contribution >= 0.6 is 0 Å². The van der Waals surface area contributed by atoms with Crippen LogP contribution in [0.25, 0.3) is 5.65 Å². The van der Waals surface area contributed by atoms with E-state index in [-0.39, 0.29) is 0 Å². The number of benzene rings is 1. The lowest BCUT2D eigenvalue weighted by Crippen LogP contribution is -2.08. The number of anilines is 1. The molecule has 0 fully saturated rings. The molecule has 0 bridgehead atoms. The fourth-order valence-electron chi connectivity index (χ4n) is 2.38. The molecular weight excluding hydrogens is 294 g/mol. The predicted octanol–water partition coefficient (Wildman–Crippen LogP) is 2.37. The molecule has 7 heteroatoms. The van der Waals surface area contributed by atoms with Gasteiger partial charge in [0, 0.05) is 18.3 Å². The minimum atomic E-state index is 0.588. The van der Waals surface area contributed by atoms with Crippen molar-refractivity contribution in [2.45, 2.75) is 20.4 Å². The van der Waals surface area contributed by atoms with E-state index in [0.717, 1.165) is 22.6 Å². The molecule has 0 spiro atoms. The summed E-state index contributed by atoms with van der Waals surface area (Å²) in [7, 11) is 3.24. The maximum absolute atomic E-state index is 5.32. The maximum atomic E-state index is 5.32. The molecule has 0 unspecified atom stereocenters. The molecule has 1 aromatic carbocycles. The third-order valence-corrected chi connectivity index (χ3v) is 3.55. The highest BCUT2D eigenvalue weighted by Gasteiger charge is 2.10. The molecular formula is C16H19N5O2. The Hall–Kier alpha value is -2.83. The highest BCUT2D eigenvalue weighted by atomic mass is 16.5. The Kier molecular flexibility index (Phi) is 4.01. The molecule has 7 nitrogen and oxygen atoms in total. The average Bonchev–Trinajstić information content (AvgIpc) is 2.96. The van der Waals surface area contributed by atoms with Gasteiger partial charge in [-0.2, -0.15) is 4.52 Å². The summed E-state index contributed by atoms with van der Waals surface area (Å²) in [6, 6.07) is 5.80. The largest absolute Gasteiger partial charge is 0.493 e. The molecule has 1 N–H and O–H groups in total. The normalized spacial score (nSPS) is 10.8. The lowest BCUT2D eigenvalue weighted by Gasteiger charge is -2.11. The second-order valence-corrected chi connectivity index (χ2v) is 5.20. The van der Waals surface area contributed by atoms with Gasteiger partial charge < -0.3 is 14.8 Å². The van der Waals surface area contributed by atoms with Crippen LogP contribution in [0.4, 0.5) is 5.95 Å². The van der Waals surface area contributed by atoms with Crippen molar-refractivity contribution in [2.24, 2.45) is 0 Å². The Bertz CT molecular complexity index is 844. The lowest BCUT2D eigenvalue weighted by atomic mass is 10.2. The molecule has 0 atom stereocenters. The van der Waals surface area contributed by atoms with Gasteiger partial charge in [0.25, 0.3) is 0 Å². The standard InChI is InChI=1S/C16H19N5O2/c1-10-8-17-16(21-15(10)19-11(2)20-21)18-9-12-5-6-13(22-3)14(7-12)23-4/h5-8H,9H2,1-4H3,(H,17,18). The van der Waals surface area contributed by atoms with E-state index in [1.165, 1.54) is 0 Å². The van der Waals surface area contributed by atoms with E-state index in [4.69, 9.17) is 9.47 Å². The Morgan fingerprint density at radius 3 is 2.65 bits per heavy atom. The highest BCUT2D eigenvalue weighted by Crippen LogP contribution is 2.27. The molecule has 0 aliphatic heterocycles. The Balaban J connectivity index is 1.85. The van der Waals surface area contributed by atoms with Crippen LogP contribution in [0.1, 0.15) is 17.0 Å². The van der Waals surface area contributed by atoms with E-state index in [1.807, 2.05) is 32.0 Å². The fourth-order valence-corrected chi connectivity index (χ4v) is 2.38.